The normalized spacial score (nSPS) is 18.7. The van der Waals surface area contributed by atoms with E-state index >= 15 is 0 Å². The van der Waals surface area contributed by atoms with Crippen molar-refractivity contribution in [3.63, 3.8) is 0 Å². The van der Waals surface area contributed by atoms with Gasteiger partial charge in [0.1, 0.15) is 0 Å². The highest BCUT2D eigenvalue weighted by atomic mass is 32.2. The number of hydrogen-bond acceptors (Lipinski definition) is 4. The van der Waals surface area contributed by atoms with E-state index < -0.39 is 10.0 Å². The minimum absolute atomic E-state index is 0.0240. The van der Waals surface area contributed by atoms with Crippen molar-refractivity contribution in [1.29, 1.82) is 0 Å². The van der Waals surface area contributed by atoms with Crippen LogP contribution in [0, 0.1) is 5.92 Å². The molecule has 0 aromatic heterocycles. The summed E-state index contributed by atoms with van der Waals surface area (Å²) in [4.78, 5) is 13.8. The standard InChI is InChI=1S/C16H22N2O4S/c19-16(8-9-22-12-13-6-7-13)18-10-14(11-18)17-23(20,21)15-4-2-1-3-5-15/h1-5,13-14,17H,6-12H2. The molecule has 7 heteroatoms. The quantitative estimate of drug-likeness (QED) is 0.717. The number of likely N-dealkylation sites (tertiary alicyclic amines) is 1. The van der Waals surface area contributed by atoms with Crippen LogP contribution in [-0.4, -0.2) is 51.6 Å². The van der Waals surface area contributed by atoms with Gasteiger partial charge in [0.05, 0.1) is 24.0 Å². The van der Waals surface area contributed by atoms with Gasteiger partial charge in [0.2, 0.25) is 15.9 Å². The van der Waals surface area contributed by atoms with Gasteiger partial charge in [-0.25, -0.2) is 13.1 Å². The molecule has 1 aliphatic carbocycles. The maximum atomic E-state index is 12.2. The fraction of sp³-hybridized carbons (Fsp3) is 0.562. The van der Waals surface area contributed by atoms with Crippen molar-refractivity contribution in [1.82, 2.24) is 9.62 Å². The molecule has 0 spiro atoms. The highest BCUT2D eigenvalue weighted by molar-refractivity contribution is 7.89. The molecule has 23 heavy (non-hydrogen) atoms. The van der Waals surface area contributed by atoms with Crippen LogP contribution in [0.4, 0.5) is 0 Å². The molecule has 1 heterocycles. The van der Waals surface area contributed by atoms with Crippen LogP contribution in [0.3, 0.4) is 0 Å². The van der Waals surface area contributed by atoms with Gasteiger partial charge < -0.3 is 9.64 Å². The number of rotatable bonds is 8. The van der Waals surface area contributed by atoms with Crippen molar-refractivity contribution in [2.75, 3.05) is 26.3 Å². The number of hydrogen-bond donors (Lipinski definition) is 1. The van der Waals surface area contributed by atoms with E-state index in [0.717, 1.165) is 6.61 Å². The molecule has 1 aliphatic heterocycles. The summed E-state index contributed by atoms with van der Waals surface area (Å²) in [5, 5.41) is 0. The van der Waals surface area contributed by atoms with Crippen LogP contribution in [0.5, 0.6) is 0 Å². The average Bonchev–Trinajstić information content (AvgIpc) is 3.32. The van der Waals surface area contributed by atoms with Gasteiger partial charge in [-0.3, -0.25) is 4.79 Å². The van der Waals surface area contributed by atoms with Gasteiger partial charge in [-0.05, 0) is 30.9 Å². The molecule has 2 aliphatic rings. The van der Waals surface area contributed by atoms with Crippen molar-refractivity contribution in [2.45, 2.75) is 30.2 Å². The summed E-state index contributed by atoms with van der Waals surface area (Å²) in [6.07, 6.45) is 2.84. The Morgan fingerprint density at radius 2 is 1.91 bits per heavy atom. The SMILES string of the molecule is O=C(CCOCC1CC1)N1CC(NS(=O)(=O)c2ccccc2)C1. The zero-order chi connectivity index (χ0) is 16.3. The second-order valence-corrected chi connectivity index (χ2v) is 7.91. The Morgan fingerprint density at radius 3 is 2.57 bits per heavy atom. The number of sulfonamides is 1. The van der Waals surface area contributed by atoms with Crippen LogP contribution >= 0.6 is 0 Å². The molecule has 1 aromatic rings. The molecular weight excluding hydrogens is 316 g/mol. The fourth-order valence-electron chi connectivity index (χ4n) is 2.50. The average molecular weight is 338 g/mol. The predicted octanol–water partition coefficient (Wildman–Crippen LogP) is 0.992. The second kappa shape index (κ2) is 6.98. The van der Waals surface area contributed by atoms with E-state index in [1.807, 2.05) is 0 Å². The first-order valence-electron chi connectivity index (χ1n) is 7.97. The Morgan fingerprint density at radius 1 is 1.22 bits per heavy atom. The molecule has 1 amide bonds. The molecule has 2 fully saturated rings. The topological polar surface area (TPSA) is 75.7 Å². The number of ether oxygens (including phenoxy) is 1. The Hall–Kier alpha value is -1.44. The Balaban J connectivity index is 1.37. The Labute approximate surface area is 136 Å². The molecular formula is C16H22N2O4S. The maximum absolute atomic E-state index is 12.2. The van der Waals surface area contributed by atoms with E-state index in [-0.39, 0.29) is 16.8 Å². The van der Waals surface area contributed by atoms with Gasteiger partial charge in [-0.15, -0.1) is 0 Å². The summed E-state index contributed by atoms with van der Waals surface area (Å²) in [5.41, 5.74) is 0. The van der Waals surface area contributed by atoms with Gasteiger partial charge >= 0.3 is 0 Å². The van der Waals surface area contributed by atoms with Crippen LogP contribution in [-0.2, 0) is 19.6 Å². The van der Waals surface area contributed by atoms with Crippen LogP contribution in [0.15, 0.2) is 35.2 Å². The monoisotopic (exact) mass is 338 g/mol. The smallest absolute Gasteiger partial charge is 0.240 e. The summed E-state index contributed by atoms with van der Waals surface area (Å²) in [6.45, 7) is 2.06. The van der Waals surface area contributed by atoms with Gasteiger partial charge in [0.25, 0.3) is 0 Å². The highest BCUT2D eigenvalue weighted by Gasteiger charge is 2.33. The minimum Gasteiger partial charge on any atom is -0.381 e. The summed E-state index contributed by atoms with van der Waals surface area (Å²) in [7, 11) is -3.51. The van der Waals surface area contributed by atoms with Crippen molar-refractivity contribution >= 4 is 15.9 Å². The third-order valence-corrected chi connectivity index (χ3v) is 5.66. The zero-order valence-corrected chi connectivity index (χ0v) is 13.8. The number of carbonyl (C=O) groups excluding carboxylic acids is 1. The Bertz CT molecular complexity index is 637. The van der Waals surface area contributed by atoms with Crippen LogP contribution in [0.2, 0.25) is 0 Å². The number of nitrogens with zero attached hydrogens (tertiary/aromatic N) is 1. The third-order valence-electron chi connectivity index (χ3n) is 4.12. The molecule has 1 aromatic carbocycles. The summed E-state index contributed by atoms with van der Waals surface area (Å²) in [5.74, 6) is 0.724. The molecule has 1 saturated carbocycles. The van der Waals surface area contributed by atoms with E-state index in [1.54, 1.807) is 35.2 Å². The van der Waals surface area contributed by atoms with E-state index in [2.05, 4.69) is 4.72 Å². The molecule has 6 nitrogen and oxygen atoms in total. The minimum atomic E-state index is -3.51. The van der Waals surface area contributed by atoms with Gasteiger partial charge in [-0.1, -0.05) is 18.2 Å². The first-order chi connectivity index (χ1) is 11.0. The van der Waals surface area contributed by atoms with Crippen LogP contribution < -0.4 is 4.72 Å². The lowest BCUT2D eigenvalue weighted by Crippen LogP contribution is -2.60. The van der Waals surface area contributed by atoms with Crippen molar-refractivity contribution in [2.24, 2.45) is 5.92 Å². The lowest BCUT2D eigenvalue weighted by atomic mass is 10.1. The van der Waals surface area contributed by atoms with Crippen molar-refractivity contribution in [3.8, 4) is 0 Å². The molecule has 1 saturated heterocycles. The number of amides is 1. The lowest BCUT2D eigenvalue weighted by molar-refractivity contribution is -0.136. The number of carbonyl (C=O) groups is 1. The summed E-state index contributed by atoms with van der Waals surface area (Å²) in [6, 6.07) is 8.05. The summed E-state index contributed by atoms with van der Waals surface area (Å²) < 4.78 is 32.4. The van der Waals surface area contributed by atoms with E-state index in [4.69, 9.17) is 4.74 Å². The number of benzene rings is 1. The predicted molar refractivity (Wildman–Crippen MR) is 85.3 cm³/mol. The van der Waals surface area contributed by atoms with Crippen molar-refractivity contribution in [3.05, 3.63) is 30.3 Å². The lowest BCUT2D eigenvalue weighted by Gasteiger charge is -2.39. The van der Waals surface area contributed by atoms with Gasteiger partial charge in [-0.2, -0.15) is 0 Å². The Kier molecular flexibility index (Phi) is 4.99. The maximum Gasteiger partial charge on any atom is 0.240 e. The fourth-order valence-corrected chi connectivity index (χ4v) is 3.74. The molecule has 1 N–H and O–H groups in total. The third kappa shape index (κ3) is 4.53. The van der Waals surface area contributed by atoms with E-state index in [9.17, 15) is 13.2 Å². The van der Waals surface area contributed by atoms with E-state index in [1.165, 1.54) is 12.8 Å². The molecule has 0 radical (unpaired) electrons. The van der Waals surface area contributed by atoms with Gasteiger partial charge in [0, 0.05) is 19.7 Å². The van der Waals surface area contributed by atoms with Gasteiger partial charge in [0.15, 0.2) is 0 Å². The molecule has 3 rings (SSSR count). The summed E-state index contributed by atoms with van der Waals surface area (Å²) >= 11 is 0. The van der Waals surface area contributed by atoms with Crippen molar-refractivity contribution < 1.29 is 17.9 Å². The van der Waals surface area contributed by atoms with Crippen LogP contribution in [0.1, 0.15) is 19.3 Å². The molecule has 0 bridgehead atoms. The van der Waals surface area contributed by atoms with Crippen LogP contribution in [0.25, 0.3) is 0 Å². The van der Waals surface area contributed by atoms with E-state index in [0.29, 0.717) is 32.0 Å². The zero-order valence-electron chi connectivity index (χ0n) is 13.0. The molecule has 126 valence electrons. The largest absolute Gasteiger partial charge is 0.381 e. The first kappa shape index (κ1) is 16.4. The molecule has 0 unspecified atom stereocenters. The number of nitrogens with one attached hydrogen (secondary N) is 1. The first-order valence-corrected chi connectivity index (χ1v) is 9.46. The second-order valence-electron chi connectivity index (χ2n) is 6.20. The molecule has 0 atom stereocenters. The highest BCUT2D eigenvalue weighted by Crippen LogP contribution is 2.28.